The lowest BCUT2D eigenvalue weighted by atomic mass is 10.2. The number of rotatable bonds is 5. The molecule has 4 aromatic rings. The number of aryl methyl sites for hydroxylation is 2. The second kappa shape index (κ2) is 7.97. The molecule has 4 rings (SSSR count). The van der Waals surface area contributed by atoms with Gasteiger partial charge in [-0.05, 0) is 43.7 Å². The Hall–Kier alpha value is -3.32. The van der Waals surface area contributed by atoms with Gasteiger partial charge in [0.1, 0.15) is 16.3 Å². The second-order valence-electron chi connectivity index (χ2n) is 6.82. The van der Waals surface area contributed by atoms with Gasteiger partial charge in [0.25, 0.3) is 0 Å². The maximum atomic E-state index is 12.6. The molecule has 3 heterocycles. The molecule has 3 aromatic heterocycles. The first-order valence-corrected chi connectivity index (χ1v) is 10.1. The van der Waals surface area contributed by atoms with Gasteiger partial charge in [0.05, 0.1) is 11.9 Å². The smallest absolute Gasteiger partial charge is 0.243 e. The second-order valence-corrected chi connectivity index (χ2v) is 8.02. The average molecular weight is 404 g/mol. The van der Waals surface area contributed by atoms with Crippen LogP contribution in [0, 0.1) is 13.8 Å². The predicted molar refractivity (Wildman–Crippen MR) is 118 cm³/mol. The molecule has 0 fully saturated rings. The first-order chi connectivity index (χ1) is 14.0. The molecule has 29 heavy (non-hydrogen) atoms. The minimum Gasteiger partial charge on any atom is -0.350 e. The molecular formula is C22H21N5OS. The minimum atomic E-state index is -0.102. The van der Waals surface area contributed by atoms with Crippen molar-refractivity contribution in [1.29, 1.82) is 0 Å². The molecule has 0 aliphatic rings. The Morgan fingerprint density at radius 1 is 1.07 bits per heavy atom. The van der Waals surface area contributed by atoms with E-state index in [-0.39, 0.29) is 12.5 Å². The van der Waals surface area contributed by atoms with Crippen molar-refractivity contribution >= 4 is 39.0 Å². The summed E-state index contributed by atoms with van der Waals surface area (Å²) >= 11 is 1.63. The first-order valence-electron chi connectivity index (χ1n) is 9.28. The fourth-order valence-corrected chi connectivity index (χ4v) is 4.15. The summed E-state index contributed by atoms with van der Waals surface area (Å²) in [5.41, 5.74) is 2.62. The number of hydrogen-bond donors (Lipinski definition) is 1. The van der Waals surface area contributed by atoms with Crippen LogP contribution in [0.5, 0.6) is 0 Å². The highest BCUT2D eigenvalue weighted by Crippen LogP contribution is 2.36. The SMILES string of the molecule is Cc1sc2nc(-c3ccccn3)nc(N(C)CC(=O)Nc3ccccc3)c2c1C. The zero-order valence-corrected chi connectivity index (χ0v) is 17.3. The molecule has 0 aliphatic carbocycles. The molecule has 0 unspecified atom stereocenters. The number of likely N-dealkylation sites (N-methyl/N-ethyl adjacent to an activating group) is 1. The lowest BCUT2D eigenvalue weighted by Crippen LogP contribution is -2.31. The van der Waals surface area contributed by atoms with E-state index in [1.54, 1.807) is 17.5 Å². The van der Waals surface area contributed by atoms with Gasteiger partial charge in [-0.25, -0.2) is 9.97 Å². The van der Waals surface area contributed by atoms with Gasteiger partial charge in [0, 0.05) is 23.8 Å². The van der Waals surface area contributed by atoms with Crippen LogP contribution in [0.3, 0.4) is 0 Å². The first kappa shape index (κ1) is 19.0. The number of anilines is 2. The van der Waals surface area contributed by atoms with Crippen LogP contribution in [0.1, 0.15) is 10.4 Å². The van der Waals surface area contributed by atoms with Crippen LogP contribution in [0.25, 0.3) is 21.7 Å². The topological polar surface area (TPSA) is 71.0 Å². The maximum absolute atomic E-state index is 12.6. The van der Waals surface area contributed by atoms with Crippen molar-refractivity contribution in [3.8, 4) is 11.5 Å². The molecule has 0 saturated carbocycles. The summed E-state index contributed by atoms with van der Waals surface area (Å²) in [5, 5.41) is 3.91. The van der Waals surface area contributed by atoms with Crippen LogP contribution in [0.2, 0.25) is 0 Å². The van der Waals surface area contributed by atoms with E-state index < -0.39 is 0 Å². The standard InChI is InChI=1S/C22H21N5OS/c1-14-15(2)29-22-19(14)21(25-20(26-22)17-11-7-8-12-23-17)27(3)13-18(28)24-16-9-5-4-6-10-16/h4-12H,13H2,1-3H3,(H,24,28). The summed E-state index contributed by atoms with van der Waals surface area (Å²) in [6.45, 7) is 4.32. The Morgan fingerprint density at radius 3 is 2.55 bits per heavy atom. The maximum Gasteiger partial charge on any atom is 0.243 e. The largest absolute Gasteiger partial charge is 0.350 e. The predicted octanol–water partition coefficient (Wildman–Crippen LogP) is 4.45. The highest BCUT2D eigenvalue weighted by Gasteiger charge is 2.20. The third-order valence-electron chi connectivity index (χ3n) is 4.70. The molecule has 1 N–H and O–H groups in total. The van der Waals surface area contributed by atoms with Gasteiger partial charge in [-0.1, -0.05) is 24.3 Å². The monoisotopic (exact) mass is 403 g/mol. The van der Waals surface area contributed by atoms with E-state index in [2.05, 4.69) is 24.1 Å². The molecule has 6 nitrogen and oxygen atoms in total. The Kier molecular flexibility index (Phi) is 5.22. The summed E-state index contributed by atoms with van der Waals surface area (Å²) in [6.07, 6.45) is 1.73. The van der Waals surface area contributed by atoms with E-state index in [9.17, 15) is 4.79 Å². The van der Waals surface area contributed by atoms with Gasteiger partial charge >= 0.3 is 0 Å². The number of pyridine rings is 1. The van der Waals surface area contributed by atoms with Gasteiger partial charge in [0.15, 0.2) is 5.82 Å². The number of hydrogen-bond acceptors (Lipinski definition) is 6. The number of carbonyl (C=O) groups is 1. The Balaban J connectivity index is 1.70. The van der Waals surface area contributed by atoms with Crippen molar-refractivity contribution in [2.75, 3.05) is 23.8 Å². The molecule has 0 saturated heterocycles. The average Bonchev–Trinajstić information content (AvgIpc) is 3.02. The fourth-order valence-electron chi connectivity index (χ4n) is 3.13. The molecule has 0 radical (unpaired) electrons. The third kappa shape index (κ3) is 3.95. The van der Waals surface area contributed by atoms with Crippen molar-refractivity contribution in [3.05, 3.63) is 65.2 Å². The van der Waals surface area contributed by atoms with Crippen LogP contribution < -0.4 is 10.2 Å². The number of nitrogens with one attached hydrogen (secondary N) is 1. The van der Waals surface area contributed by atoms with Crippen molar-refractivity contribution < 1.29 is 4.79 Å². The van der Waals surface area contributed by atoms with Gasteiger partial charge < -0.3 is 10.2 Å². The minimum absolute atomic E-state index is 0.102. The molecule has 0 bridgehead atoms. The van der Waals surface area contributed by atoms with E-state index in [0.29, 0.717) is 11.5 Å². The molecule has 1 amide bonds. The van der Waals surface area contributed by atoms with Gasteiger partial charge in [-0.15, -0.1) is 11.3 Å². The fraction of sp³-hybridized carbons (Fsp3) is 0.182. The molecule has 0 spiro atoms. The van der Waals surface area contributed by atoms with E-state index in [0.717, 1.165) is 27.3 Å². The Bertz CT molecular complexity index is 1160. The molecular weight excluding hydrogens is 382 g/mol. The summed E-state index contributed by atoms with van der Waals surface area (Å²) in [7, 11) is 1.88. The number of para-hydroxylation sites is 1. The van der Waals surface area contributed by atoms with E-state index >= 15 is 0 Å². The van der Waals surface area contributed by atoms with Crippen molar-refractivity contribution in [2.24, 2.45) is 0 Å². The van der Waals surface area contributed by atoms with E-state index in [1.807, 2.05) is 60.5 Å². The highest BCUT2D eigenvalue weighted by molar-refractivity contribution is 7.18. The number of amides is 1. The van der Waals surface area contributed by atoms with Gasteiger partial charge in [-0.2, -0.15) is 0 Å². The van der Waals surface area contributed by atoms with Crippen LogP contribution in [-0.2, 0) is 4.79 Å². The number of benzene rings is 1. The number of nitrogens with zero attached hydrogens (tertiary/aromatic N) is 4. The number of aromatic nitrogens is 3. The Labute approximate surface area is 173 Å². The third-order valence-corrected chi connectivity index (χ3v) is 5.80. The number of carbonyl (C=O) groups excluding carboxylic acids is 1. The van der Waals surface area contributed by atoms with E-state index in [1.165, 1.54) is 4.88 Å². The molecule has 0 atom stereocenters. The van der Waals surface area contributed by atoms with Crippen LogP contribution in [0.15, 0.2) is 54.7 Å². The summed E-state index contributed by atoms with van der Waals surface area (Å²) in [6, 6.07) is 15.1. The summed E-state index contributed by atoms with van der Waals surface area (Å²) < 4.78 is 0. The van der Waals surface area contributed by atoms with Crippen molar-refractivity contribution in [2.45, 2.75) is 13.8 Å². The van der Waals surface area contributed by atoms with Crippen LogP contribution in [0.4, 0.5) is 11.5 Å². The number of thiophene rings is 1. The zero-order chi connectivity index (χ0) is 20.4. The van der Waals surface area contributed by atoms with Gasteiger partial charge in [-0.3, -0.25) is 9.78 Å². The molecule has 7 heteroatoms. The quantitative estimate of drug-likeness (QED) is 0.533. The zero-order valence-electron chi connectivity index (χ0n) is 16.5. The Morgan fingerprint density at radius 2 is 1.83 bits per heavy atom. The van der Waals surface area contributed by atoms with Gasteiger partial charge in [0.2, 0.25) is 5.91 Å². The lowest BCUT2D eigenvalue weighted by molar-refractivity contribution is -0.114. The lowest BCUT2D eigenvalue weighted by Gasteiger charge is -2.19. The molecule has 146 valence electrons. The van der Waals surface area contributed by atoms with Crippen LogP contribution in [-0.4, -0.2) is 34.5 Å². The van der Waals surface area contributed by atoms with Crippen LogP contribution >= 0.6 is 11.3 Å². The summed E-state index contributed by atoms with van der Waals surface area (Å²) in [4.78, 5) is 30.4. The van der Waals surface area contributed by atoms with E-state index in [4.69, 9.17) is 9.97 Å². The highest BCUT2D eigenvalue weighted by atomic mass is 32.1. The number of fused-ring (bicyclic) bond motifs is 1. The van der Waals surface area contributed by atoms with Crippen molar-refractivity contribution in [1.82, 2.24) is 15.0 Å². The molecule has 1 aromatic carbocycles. The normalized spacial score (nSPS) is 10.9. The summed E-state index contributed by atoms with van der Waals surface area (Å²) in [5.74, 6) is 1.19. The molecule has 0 aliphatic heterocycles. The van der Waals surface area contributed by atoms with Crippen molar-refractivity contribution in [3.63, 3.8) is 0 Å².